The van der Waals surface area contributed by atoms with E-state index < -0.39 is 0 Å². The highest BCUT2D eigenvalue weighted by Crippen LogP contribution is 2.25. The van der Waals surface area contributed by atoms with Crippen LogP contribution in [0.4, 0.5) is 5.69 Å². The Bertz CT molecular complexity index is 1090. The van der Waals surface area contributed by atoms with Crippen molar-refractivity contribution in [3.8, 4) is 0 Å². The molecule has 27 heavy (non-hydrogen) atoms. The van der Waals surface area contributed by atoms with Crippen molar-refractivity contribution in [1.82, 2.24) is 15.2 Å². The molecule has 0 fully saturated rings. The van der Waals surface area contributed by atoms with Crippen LogP contribution in [0.5, 0.6) is 0 Å². The van der Waals surface area contributed by atoms with Crippen molar-refractivity contribution in [2.24, 2.45) is 0 Å². The number of fused-ring (bicyclic) bond motifs is 1. The molecule has 0 radical (unpaired) electrons. The number of rotatable bonds is 4. The number of pyridine rings is 1. The fraction of sp³-hybridized carbons (Fsp3) is 0.136. The number of H-pyrrole nitrogens is 1. The summed E-state index contributed by atoms with van der Waals surface area (Å²) in [6.07, 6.45) is 0. The summed E-state index contributed by atoms with van der Waals surface area (Å²) in [5, 5.41) is 7.94. The predicted octanol–water partition coefficient (Wildman–Crippen LogP) is 4.42. The zero-order valence-corrected chi connectivity index (χ0v) is 15.3. The Labute approximate surface area is 157 Å². The van der Waals surface area contributed by atoms with Crippen LogP contribution < -0.4 is 4.90 Å². The van der Waals surface area contributed by atoms with E-state index in [9.17, 15) is 4.79 Å². The number of nitrogens with one attached hydrogen (secondary N) is 1. The van der Waals surface area contributed by atoms with Gasteiger partial charge in [-0.05, 0) is 37.6 Å². The molecule has 4 rings (SSSR count). The topological polar surface area (TPSA) is 61.9 Å². The zero-order valence-electron chi connectivity index (χ0n) is 15.3. The van der Waals surface area contributed by atoms with Gasteiger partial charge in [0.25, 0.3) is 5.91 Å². The quantitative estimate of drug-likeness (QED) is 0.589. The van der Waals surface area contributed by atoms with Gasteiger partial charge in [-0.2, -0.15) is 5.10 Å². The molecule has 0 saturated carbocycles. The first-order valence-electron chi connectivity index (χ1n) is 8.86. The van der Waals surface area contributed by atoms with Gasteiger partial charge in [0.05, 0.1) is 23.2 Å². The lowest BCUT2D eigenvalue weighted by Gasteiger charge is -2.23. The van der Waals surface area contributed by atoms with Crippen molar-refractivity contribution < 1.29 is 4.79 Å². The van der Waals surface area contributed by atoms with Crippen LogP contribution in [0.25, 0.3) is 11.0 Å². The second-order valence-corrected chi connectivity index (χ2v) is 6.56. The van der Waals surface area contributed by atoms with Gasteiger partial charge in [-0.3, -0.25) is 9.89 Å². The molecule has 0 atom stereocenters. The lowest BCUT2D eigenvalue weighted by Crippen LogP contribution is -2.30. The van der Waals surface area contributed by atoms with Crippen molar-refractivity contribution in [2.75, 3.05) is 4.90 Å². The number of para-hydroxylation sites is 1. The molecule has 5 heteroatoms. The minimum Gasteiger partial charge on any atom is -0.304 e. The number of hydrogen-bond donors (Lipinski definition) is 1. The van der Waals surface area contributed by atoms with Gasteiger partial charge in [0.2, 0.25) is 0 Å². The fourth-order valence-corrected chi connectivity index (χ4v) is 3.28. The summed E-state index contributed by atoms with van der Waals surface area (Å²) < 4.78 is 0. The van der Waals surface area contributed by atoms with E-state index in [1.165, 1.54) is 0 Å². The molecule has 0 aliphatic carbocycles. The maximum absolute atomic E-state index is 13.6. The Balaban J connectivity index is 1.83. The fourth-order valence-electron chi connectivity index (χ4n) is 3.28. The number of aromatic amines is 1. The average Bonchev–Trinajstić information content (AvgIpc) is 3.07. The molecule has 4 aromatic rings. The van der Waals surface area contributed by atoms with Gasteiger partial charge in [0, 0.05) is 11.4 Å². The highest BCUT2D eigenvalue weighted by Gasteiger charge is 2.23. The minimum atomic E-state index is -0.0648. The van der Waals surface area contributed by atoms with Gasteiger partial charge in [0.15, 0.2) is 5.65 Å². The van der Waals surface area contributed by atoms with Crippen molar-refractivity contribution in [3.63, 3.8) is 0 Å². The molecule has 0 spiro atoms. The molecule has 0 aliphatic heterocycles. The molecule has 1 amide bonds. The molecule has 134 valence electrons. The van der Waals surface area contributed by atoms with Crippen LogP contribution in [-0.2, 0) is 6.54 Å². The minimum absolute atomic E-state index is 0.0648. The number of amides is 1. The first-order valence-corrected chi connectivity index (χ1v) is 8.86. The second kappa shape index (κ2) is 7.03. The smallest absolute Gasteiger partial charge is 0.259 e. The molecule has 2 aromatic carbocycles. The van der Waals surface area contributed by atoms with E-state index in [-0.39, 0.29) is 5.91 Å². The predicted molar refractivity (Wildman–Crippen MR) is 107 cm³/mol. The van der Waals surface area contributed by atoms with Crippen molar-refractivity contribution in [2.45, 2.75) is 20.4 Å². The van der Waals surface area contributed by atoms with E-state index in [4.69, 9.17) is 0 Å². The number of benzene rings is 2. The second-order valence-electron chi connectivity index (χ2n) is 6.56. The molecule has 0 saturated heterocycles. The van der Waals surface area contributed by atoms with Gasteiger partial charge < -0.3 is 4.90 Å². The first-order chi connectivity index (χ1) is 13.1. The summed E-state index contributed by atoms with van der Waals surface area (Å²) in [6.45, 7) is 4.26. The maximum atomic E-state index is 13.6. The van der Waals surface area contributed by atoms with E-state index in [0.29, 0.717) is 17.8 Å². The Hall–Kier alpha value is -3.47. The van der Waals surface area contributed by atoms with E-state index in [0.717, 1.165) is 28.0 Å². The van der Waals surface area contributed by atoms with E-state index in [1.807, 2.05) is 80.6 Å². The third-order valence-electron chi connectivity index (χ3n) is 4.57. The normalized spacial score (nSPS) is 10.9. The lowest BCUT2D eigenvalue weighted by molar-refractivity contribution is 0.0986. The molecule has 1 N–H and O–H groups in total. The van der Waals surface area contributed by atoms with E-state index in [2.05, 4.69) is 15.2 Å². The summed E-state index contributed by atoms with van der Waals surface area (Å²) in [5.74, 6) is -0.0648. The Morgan fingerprint density at radius 1 is 1.00 bits per heavy atom. The van der Waals surface area contributed by atoms with Gasteiger partial charge in [-0.1, -0.05) is 48.5 Å². The summed E-state index contributed by atoms with van der Waals surface area (Å²) in [6, 6.07) is 21.6. The highest BCUT2D eigenvalue weighted by molar-refractivity contribution is 6.13. The molecule has 5 nitrogen and oxygen atoms in total. The van der Waals surface area contributed by atoms with Crippen molar-refractivity contribution in [1.29, 1.82) is 0 Å². The Kier molecular flexibility index (Phi) is 4.42. The van der Waals surface area contributed by atoms with Crippen LogP contribution in [-0.4, -0.2) is 21.1 Å². The summed E-state index contributed by atoms with van der Waals surface area (Å²) in [4.78, 5) is 19.9. The zero-order chi connectivity index (χ0) is 18.8. The maximum Gasteiger partial charge on any atom is 0.259 e. The lowest BCUT2D eigenvalue weighted by atomic mass is 10.1. The molecule has 2 aromatic heterocycles. The van der Waals surface area contributed by atoms with Gasteiger partial charge in [-0.25, -0.2) is 4.98 Å². The summed E-state index contributed by atoms with van der Waals surface area (Å²) in [5.41, 5.74) is 4.73. The Morgan fingerprint density at radius 2 is 1.67 bits per heavy atom. The third-order valence-corrected chi connectivity index (χ3v) is 4.57. The summed E-state index contributed by atoms with van der Waals surface area (Å²) in [7, 11) is 0. The highest BCUT2D eigenvalue weighted by atomic mass is 16.2. The van der Waals surface area contributed by atoms with E-state index >= 15 is 0 Å². The van der Waals surface area contributed by atoms with Gasteiger partial charge >= 0.3 is 0 Å². The number of hydrogen-bond acceptors (Lipinski definition) is 3. The largest absolute Gasteiger partial charge is 0.304 e. The first kappa shape index (κ1) is 17.0. The monoisotopic (exact) mass is 356 g/mol. The van der Waals surface area contributed by atoms with Crippen LogP contribution in [0.3, 0.4) is 0 Å². The van der Waals surface area contributed by atoms with E-state index in [1.54, 1.807) is 4.90 Å². The SMILES string of the molecule is Cc1cc(C(=O)N(Cc2ccccc2)c2ccccc2)c2c(C)n[nH]c2n1. The Morgan fingerprint density at radius 3 is 2.37 bits per heavy atom. The standard InChI is InChI=1S/C22H20N4O/c1-15-13-19(20-16(2)24-25-21(20)23-15)22(27)26(18-11-7-4-8-12-18)14-17-9-5-3-6-10-17/h3-13H,14H2,1-2H3,(H,23,24,25). The van der Waals surface area contributed by atoms with Crippen LogP contribution in [0, 0.1) is 13.8 Å². The number of nitrogens with zero attached hydrogens (tertiary/aromatic N) is 3. The number of carbonyl (C=O) groups excluding carboxylic acids is 1. The molecule has 0 aliphatic rings. The van der Waals surface area contributed by atoms with Crippen LogP contribution in [0.1, 0.15) is 27.3 Å². The molecule has 0 unspecified atom stereocenters. The molecular weight excluding hydrogens is 336 g/mol. The van der Waals surface area contributed by atoms with Crippen molar-refractivity contribution in [3.05, 3.63) is 89.2 Å². The number of aromatic nitrogens is 3. The number of carbonyl (C=O) groups is 1. The van der Waals surface area contributed by atoms with Crippen molar-refractivity contribution >= 4 is 22.6 Å². The van der Waals surface area contributed by atoms with Crippen LogP contribution in [0.2, 0.25) is 0 Å². The summed E-state index contributed by atoms with van der Waals surface area (Å²) >= 11 is 0. The number of anilines is 1. The molecule has 0 bridgehead atoms. The third kappa shape index (κ3) is 3.31. The number of aryl methyl sites for hydroxylation is 2. The van der Waals surface area contributed by atoms with Crippen LogP contribution in [0.15, 0.2) is 66.7 Å². The molecule has 2 heterocycles. The average molecular weight is 356 g/mol. The molecular formula is C22H20N4O. The van der Waals surface area contributed by atoms with Gasteiger partial charge in [0.1, 0.15) is 0 Å². The van der Waals surface area contributed by atoms with Gasteiger partial charge in [-0.15, -0.1) is 0 Å². The van der Waals surface area contributed by atoms with Crippen LogP contribution >= 0.6 is 0 Å².